The molecular formula is C8H13NO2. The average molecular weight is 155 g/mol. The molecule has 0 fully saturated rings. The summed E-state index contributed by atoms with van der Waals surface area (Å²) < 4.78 is 4.60. The molecule has 0 saturated carbocycles. The van der Waals surface area contributed by atoms with Crippen LogP contribution in [0.4, 0.5) is 0 Å². The first kappa shape index (κ1) is 8.27. The number of likely N-dealkylation sites (N-methyl/N-ethyl adjacent to an activating group) is 1. The molecule has 0 saturated heterocycles. The molecule has 1 aliphatic heterocycles. The van der Waals surface area contributed by atoms with Gasteiger partial charge < -0.3 is 9.64 Å². The Balaban J connectivity index is 2.54. The van der Waals surface area contributed by atoms with Gasteiger partial charge in [0.05, 0.1) is 7.11 Å². The minimum absolute atomic E-state index is 0.182. The van der Waals surface area contributed by atoms with Gasteiger partial charge in [-0.1, -0.05) is 6.08 Å². The van der Waals surface area contributed by atoms with Crippen LogP contribution in [0.2, 0.25) is 0 Å². The van der Waals surface area contributed by atoms with Crippen LogP contribution in [-0.2, 0) is 9.53 Å². The van der Waals surface area contributed by atoms with Gasteiger partial charge in [-0.05, 0) is 13.5 Å². The molecule has 1 aliphatic rings. The van der Waals surface area contributed by atoms with Crippen molar-refractivity contribution in [2.75, 3.05) is 27.2 Å². The van der Waals surface area contributed by atoms with Crippen molar-refractivity contribution in [1.29, 1.82) is 0 Å². The van der Waals surface area contributed by atoms with E-state index in [4.69, 9.17) is 0 Å². The number of methoxy groups -OCH3 is 1. The van der Waals surface area contributed by atoms with E-state index in [1.807, 2.05) is 13.1 Å². The molecule has 3 heteroatoms. The summed E-state index contributed by atoms with van der Waals surface area (Å²) in [5.74, 6) is -0.182. The summed E-state index contributed by atoms with van der Waals surface area (Å²) in [5, 5.41) is 0. The summed E-state index contributed by atoms with van der Waals surface area (Å²) in [6, 6.07) is 0. The fraction of sp³-hybridized carbons (Fsp3) is 0.625. The highest BCUT2D eigenvalue weighted by Gasteiger charge is 2.13. The van der Waals surface area contributed by atoms with Crippen molar-refractivity contribution >= 4 is 5.97 Å². The molecule has 0 atom stereocenters. The number of esters is 1. The number of carbonyl (C=O) groups excluding carboxylic acids is 1. The van der Waals surface area contributed by atoms with Gasteiger partial charge in [0, 0.05) is 18.7 Å². The van der Waals surface area contributed by atoms with E-state index in [1.165, 1.54) is 7.11 Å². The van der Waals surface area contributed by atoms with Gasteiger partial charge in [-0.25, -0.2) is 4.79 Å². The van der Waals surface area contributed by atoms with Crippen LogP contribution in [0.3, 0.4) is 0 Å². The van der Waals surface area contributed by atoms with Gasteiger partial charge in [0.2, 0.25) is 0 Å². The molecule has 0 aromatic heterocycles. The zero-order chi connectivity index (χ0) is 8.27. The molecule has 0 N–H and O–H groups in total. The van der Waals surface area contributed by atoms with Gasteiger partial charge in [0.1, 0.15) is 0 Å². The lowest BCUT2D eigenvalue weighted by molar-refractivity contribution is -0.136. The zero-order valence-electron chi connectivity index (χ0n) is 6.96. The Morgan fingerprint density at radius 3 is 2.91 bits per heavy atom. The van der Waals surface area contributed by atoms with Crippen molar-refractivity contribution < 1.29 is 9.53 Å². The summed E-state index contributed by atoms with van der Waals surface area (Å²) in [4.78, 5) is 13.1. The molecule has 1 rings (SSSR count). The molecule has 0 aliphatic carbocycles. The maximum absolute atomic E-state index is 11.0. The second-order valence-electron chi connectivity index (χ2n) is 2.73. The topological polar surface area (TPSA) is 29.5 Å². The Morgan fingerprint density at radius 2 is 2.45 bits per heavy atom. The second kappa shape index (κ2) is 3.53. The first-order valence-electron chi connectivity index (χ1n) is 3.70. The molecule has 3 nitrogen and oxygen atoms in total. The Bertz CT molecular complexity index is 187. The molecule has 0 unspecified atom stereocenters. The SMILES string of the molecule is COC(=O)C1=CCN(C)CC1. The van der Waals surface area contributed by atoms with Gasteiger partial charge in [-0.15, -0.1) is 0 Å². The van der Waals surface area contributed by atoms with Crippen LogP contribution >= 0.6 is 0 Å². The lowest BCUT2D eigenvalue weighted by Gasteiger charge is -2.20. The standard InChI is InChI=1S/C8H13NO2/c1-9-5-3-7(4-6-9)8(10)11-2/h3H,4-6H2,1-2H3. The summed E-state index contributed by atoms with van der Waals surface area (Å²) >= 11 is 0. The van der Waals surface area contributed by atoms with Gasteiger partial charge in [-0.2, -0.15) is 0 Å². The number of ether oxygens (including phenoxy) is 1. The Morgan fingerprint density at radius 1 is 1.73 bits per heavy atom. The summed E-state index contributed by atoms with van der Waals surface area (Å²) in [6.45, 7) is 1.80. The van der Waals surface area contributed by atoms with Crippen molar-refractivity contribution in [2.45, 2.75) is 6.42 Å². The first-order valence-corrected chi connectivity index (χ1v) is 3.70. The van der Waals surface area contributed by atoms with E-state index in [0.717, 1.165) is 25.1 Å². The summed E-state index contributed by atoms with van der Waals surface area (Å²) in [5.41, 5.74) is 0.811. The number of carbonyl (C=O) groups is 1. The third-order valence-electron chi connectivity index (χ3n) is 1.86. The van der Waals surface area contributed by atoms with Crippen LogP contribution in [0.5, 0.6) is 0 Å². The average Bonchev–Trinajstić information content (AvgIpc) is 2.05. The predicted molar refractivity (Wildman–Crippen MR) is 42.2 cm³/mol. The molecule has 0 aromatic rings. The highest BCUT2D eigenvalue weighted by Crippen LogP contribution is 2.09. The normalized spacial score (nSPS) is 19.3. The van der Waals surface area contributed by atoms with Crippen LogP contribution < -0.4 is 0 Å². The summed E-state index contributed by atoms with van der Waals surface area (Å²) in [6.07, 6.45) is 2.73. The molecular weight excluding hydrogens is 142 g/mol. The van der Waals surface area contributed by atoms with Crippen molar-refractivity contribution in [3.63, 3.8) is 0 Å². The quantitative estimate of drug-likeness (QED) is 0.514. The van der Waals surface area contributed by atoms with E-state index < -0.39 is 0 Å². The Labute approximate surface area is 66.6 Å². The molecule has 1 heterocycles. The van der Waals surface area contributed by atoms with Gasteiger partial charge in [0.15, 0.2) is 0 Å². The number of nitrogens with zero attached hydrogens (tertiary/aromatic N) is 1. The first-order chi connectivity index (χ1) is 5.24. The number of rotatable bonds is 1. The molecule has 0 radical (unpaired) electrons. The highest BCUT2D eigenvalue weighted by atomic mass is 16.5. The van der Waals surface area contributed by atoms with Crippen molar-refractivity contribution in [3.05, 3.63) is 11.6 Å². The van der Waals surface area contributed by atoms with Crippen LogP contribution in [0.25, 0.3) is 0 Å². The second-order valence-corrected chi connectivity index (χ2v) is 2.73. The van der Waals surface area contributed by atoms with E-state index in [9.17, 15) is 4.79 Å². The van der Waals surface area contributed by atoms with Crippen LogP contribution in [-0.4, -0.2) is 38.1 Å². The molecule has 0 spiro atoms. The smallest absolute Gasteiger partial charge is 0.333 e. The van der Waals surface area contributed by atoms with Crippen molar-refractivity contribution in [3.8, 4) is 0 Å². The van der Waals surface area contributed by atoms with Crippen LogP contribution in [0.1, 0.15) is 6.42 Å². The monoisotopic (exact) mass is 155 g/mol. The fourth-order valence-corrected chi connectivity index (χ4v) is 1.09. The number of hydrogen-bond acceptors (Lipinski definition) is 3. The highest BCUT2D eigenvalue weighted by molar-refractivity contribution is 5.88. The van der Waals surface area contributed by atoms with Gasteiger partial charge in [-0.3, -0.25) is 0 Å². The largest absolute Gasteiger partial charge is 0.466 e. The van der Waals surface area contributed by atoms with Gasteiger partial charge >= 0.3 is 5.97 Å². The Kier molecular flexibility index (Phi) is 2.65. The van der Waals surface area contributed by atoms with E-state index in [2.05, 4.69) is 9.64 Å². The fourth-order valence-electron chi connectivity index (χ4n) is 1.09. The van der Waals surface area contributed by atoms with Crippen molar-refractivity contribution in [1.82, 2.24) is 4.90 Å². The van der Waals surface area contributed by atoms with E-state index in [1.54, 1.807) is 0 Å². The van der Waals surface area contributed by atoms with Crippen molar-refractivity contribution in [2.24, 2.45) is 0 Å². The molecule has 0 aromatic carbocycles. The summed E-state index contributed by atoms with van der Waals surface area (Å²) in [7, 11) is 3.45. The third kappa shape index (κ3) is 2.05. The maximum Gasteiger partial charge on any atom is 0.333 e. The molecule has 0 amide bonds. The van der Waals surface area contributed by atoms with Crippen LogP contribution in [0.15, 0.2) is 11.6 Å². The minimum atomic E-state index is -0.182. The predicted octanol–water partition coefficient (Wildman–Crippen LogP) is 0.421. The maximum atomic E-state index is 11.0. The zero-order valence-corrected chi connectivity index (χ0v) is 6.96. The minimum Gasteiger partial charge on any atom is -0.466 e. The molecule has 62 valence electrons. The van der Waals surface area contributed by atoms with E-state index >= 15 is 0 Å². The lowest BCUT2D eigenvalue weighted by Crippen LogP contribution is -2.26. The molecule has 0 bridgehead atoms. The third-order valence-corrected chi connectivity index (χ3v) is 1.86. The van der Waals surface area contributed by atoms with E-state index in [0.29, 0.717) is 0 Å². The lowest BCUT2D eigenvalue weighted by atomic mass is 10.1. The Hall–Kier alpha value is -0.830. The van der Waals surface area contributed by atoms with E-state index in [-0.39, 0.29) is 5.97 Å². The number of hydrogen-bond donors (Lipinski definition) is 0. The van der Waals surface area contributed by atoms with Crippen LogP contribution in [0, 0.1) is 0 Å². The van der Waals surface area contributed by atoms with Gasteiger partial charge in [0.25, 0.3) is 0 Å². The molecule has 11 heavy (non-hydrogen) atoms.